The first kappa shape index (κ1) is 14.5. The highest BCUT2D eigenvalue weighted by atomic mass is 16.2. The molecule has 0 aliphatic rings. The molecule has 1 amide bonds. The van der Waals surface area contributed by atoms with Crippen LogP contribution in [0.15, 0.2) is 42.5 Å². The Labute approximate surface area is 120 Å². The maximum absolute atomic E-state index is 12.4. The molecule has 3 nitrogen and oxygen atoms in total. The zero-order valence-electron chi connectivity index (χ0n) is 12.5. The van der Waals surface area contributed by atoms with Crippen molar-refractivity contribution in [3.63, 3.8) is 0 Å². The molecule has 0 aliphatic heterocycles. The van der Waals surface area contributed by atoms with Gasteiger partial charge in [-0.1, -0.05) is 30.3 Å². The van der Waals surface area contributed by atoms with E-state index in [4.69, 9.17) is 5.73 Å². The van der Waals surface area contributed by atoms with Gasteiger partial charge in [-0.05, 0) is 50.6 Å². The largest absolute Gasteiger partial charge is 0.326 e. The van der Waals surface area contributed by atoms with Crippen LogP contribution in [0.25, 0.3) is 10.8 Å². The molecule has 2 aromatic carbocycles. The lowest BCUT2D eigenvalue weighted by molar-refractivity contribution is -0.126. The van der Waals surface area contributed by atoms with Crippen LogP contribution in [0.4, 0.5) is 5.69 Å². The highest BCUT2D eigenvalue weighted by Gasteiger charge is 2.40. The standard InChI is InChI=1S/C17H22N2O/c1-16(2,17(3,4)18)15(20)19-14-10-9-12-7-5-6-8-13(12)11-14/h5-11H,18H2,1-4H3,(H,19,20). The third-order valence-electron chi connectivity index (χ3n) is 4.19. The molecular formula is C17H22N2O. The fourth-order valence-corrected chi connectivity index (χ4v) is 1.85. The molecule has 2 aromatic rings. The highest BCUT2D eigenvalue weighted by molar-refractivity contribution is 5.98. The Hall–Kier alpha value is -1.87. The van der Waals surface area contributed by atoms with Gasteiger partial charge in [0, 0.05) is 11.2 Å². The minimum atomic E-state index is -0.654. The van der Waals surface area contributed by atoms with Crippen LogP contribution in [0.1, 0.15) is 27.7 Å². The average Bonchev–Trinajstić information content (AvgIpc) is 2.37. The Balaban J connectivity index is 2.26. The second-order valence-electron chi connectivity index (χ2n) is 6.36. The van der Waals surface area contributed by atoms with Gasteiger partial charge >= 0.3 is 0 Å². The van der Waals surface area contributed by atoms with Crippen LogP contribution >= 0.6 is 0 Å². The maximum Gasteiger partial charge on any atom is 0.231 e. The Morgan fingerprint density at radius 3 is 2.20 bits per heavy atom. The second kappa shape index (κ2) is 4.91. The van der Waals surface area contributed by atoms with Crippen LogP contribution in [0, 0.1) is 5.41 Å². The summed E-state index contributed by atoms with van der Waals surface area (Å²) < 4.78 is 0. The van der Waals surface area contributed by atoms with Gasteiger partial charge in [-0.3, -0.25) is 4.79 Å². The molecule has 0 radical (unpaired) electrons. The van der Waals surface area contributed by atoms with E-state index in [0.29, 0.717) is 0 Å². The summed E-state index contributed by atoms with van der Waals surface area (Å²) in [5.41, 5.74) is 5.65. The predicted molar refractivity (Wildman–Crippen MR) is 84.6 cm³/mol. The van der Waals surface area contributed by atoms with Gasteiger partial charge in [-0.2, -0.15) is 0 Å². The zero-order valence-corrected chi connectivity index (χ0v) is 12.5. The summed E-state index contributed by atoms with van der Waals surface area (Å²) in [7, 11) is 0. The van der Waals surface area contributed by atoms with E-state index in [-0.39, 0.29) is 5.91 Å². The van der Waals surface area contributed by atoms with E-state index in [2.05, 4.69) is 5.32 Å². The van der Waals surface area contributed by atoms with E-state index in [1.165, 1.54) is 0 Å². The number of benzene rings is 2. The zero-order chi connectivity index (χ0) is 15.0. The van der Waals surface area contributed by atoms with E-state index in [1.54, 1.807) is 0 Å². The summed E-state index contributed by atoms with van der Waals surface area (Å²) in [4.78, 5) is 12.4. The molecule has 106 valence electrons. The number of anilines is 1. The average molecular weight is 270 g/mol. The summed E-state index contributed by atoms with van der Waals surface area (Å²) in [6, 6.07) is 14.0. The Morgan fingerprint density at radius 2 is 1.60 bits per heavy atom. The van der Waals surface area contributed by atoms with Crippen LogP contribution in [0.5, 0.6) is 0 Å². The summed E-state index contributed by atoms with van der Waals surface area (Å²) >= 11 is 0. The van der Waals surface area contributed by atoms with Crippen molar-refractivity contribution < 1.29 is 4.79 Å². The van der Waals surface area contributed by atoms with Crippen LogP contribution in [-0.4, -0.2) is 11.4 Å². The fourth-order valence-electron chi connectivity index (χ4n) is 1.85. The quantitative estimate of drug-likeness (QED) is 0.896. The van der Waals surface area contributed by atoms with Crippen LogP contribution in [0.2, 0.25) is 0 Å². The third-order valence-corrected chi connectivity index (χ3v) is 4.19. The molecule has 0 aromatic heterocycles. The molecule has 0 fully saturated rings. The number of nitrogens with two attached hydrogens (primary N) is 1. The number of hydrogen-bond donors (Lipinski definition) is 2. The molecule has 0 saturated carbocycles. The van der Waals surface area contributed by atoms with Gasteiger partial charge in [0.1, 0.15) is 0 Å². The molecule has 3 N–H and O–H groups in total. The Morgan fingerprint density at radius 1 is 1.00 bits per heavy atom. The molecule has 20 heavy (non-hydrogen) atoms. The van der Waals surface area contributed by atoms with Crippen molar-refractivity contribution in [2.24, 2.45) is 11.1 Å². The molecule has 0 bridgehead atoms. The number of nitrogens with one attached hydrogen (secondary N) is 1. The lowest BCUT2D eigenvalue weighted by Crippen LogP contribution is -2.53. The molecule has 0 heterocycles. The van der Waals surface area contributed by atoms with E-state index in [9.17, 15) is 4.79 Å². The first-order valence-corrected chi connectivity index (χ1v) is 6.81. The van der Waals surface area contributed by atoms with E-state index >= 15 is 0 Å². The molecule has 3 heteroatoms. The normalized spacial score (nSPS) is 12.4. The van der Waals surface area contributed by atoms with Gasteiger partial charge in [0.25, 0.3) is 0 Å². The van der Waals surface area contributed by atoms with Crippen molar-refractivity contribution in [1.82, 2.24) is 0 Å². The van der Waals surface area contributed by atoms with Gasteiger partial charge < -0.3 is 11.1 Å². The Bertz CT molecular complexity index is 639. The molecule has 2 rings (SSSR count). The number of rotatable bonds is 3. The monoisotopic (exact) mass is 270 g/mol. The van der Waals surface area contributed by atoms with Gasteiger partial charge in [0.15, 0.2) is 0 Å². The molecule has 0 aliphatic carbocycles. The topological polar surface area (TPSA) is 55.1 Å². The van der Waals surface area contributed by atoms with Crippen molar-refractivity contribution in [3.8, 4) is 0 Å². The lowest BCUT2D eigenvalue weighted by Gasteiger charge is -2.36. The van der Waals surface area contributed by atoms with Crippen molar-refractivity contribution in [2.75, 3.05) is 5.32 Å². The first-order valence-electron chi connectivity index (χ1n) is 6.81. The smallest absolute Gasteiger partial charge is 0.231 e. The highest BCUT2D eigenvalue weighted by Crippen LogP contribution is 2.30. The fraction of sp³-hybridized carbons (Fsp3) is 0.353. The number of fused-ring (bicyclic) bond motifs is 1. The second-order valence-corrected chi connectivity index (χ2v) is 6.36. The molecule has 0 spiro atoms. The SMILES string of the molecule is CC(C)(N)C(C)(C)C(=O)Nc1ccc2ccccc2c1. The van der Waals surface area contributed by atoms with Gasteiger partial charge in [-0.25, -0.2) is 0 Å². The Kier molecular flexibility index (Phi) is 3.57. The van der Waals surface area contributed by atoms with Crippen LogP contribution in [0.3, 0.4) is 0 Å². The van der Waals surface area contributed by atoms with E-state index < -0.39 is 11.0 Å². The number of carbonyl (C=O) groups excluding carboxylic acids is 1. The minimum Gasteiger partial charge on any atom is -0.326 e. The first-order chi connectivity index (χ1) is 9.22. The molecule has 0 unspecified atom stereocenters. The van der Waals surface area contributed by atoms with Crippen molar-refractivity contribution >= 4 is 22.4 Å². The van der Waals surface area contributed by atoms with E-state index in [1.807, 2.05) is 70.2 Å². The van der Waals surface area contributed by atoms with Crippen molar-refractivity contribution in [2.45, 2.75) is 33.2 Å². The molecule has 0 saturated heterocycles. The summed E-state index contributed by atoms with van der Waals surface area (Å²) in [6.07, 6.45) is 0. The van der Waals surface area contributed by atoms with E-state index in [0.717, 1.165) is 16.5 Å². The van der Waals surface area contributed by atoms with Gasteiger partial charge in [-0.15, -0.1) is 0 Å². The molecular weight excluding hydrogens is 248 g/mol. The third kappa shape index (κ3) is 2.68. The van der Waals surface area contributed by atoms with Crippen LogP contribution < -0.4 is 11.1 Å². The maximum atomic E-state index is 12.4. The minimum absolute atomic E-state index is 0.0692. The number of hydrogen-bond acceptors (Lipinski definition) is 2. The summed E-state index contributed by atoms with van der Waals surface area (Å²) in [6.45, 7) is 7.46. The number of carbonyl (C=O) groups is 1. The van der Waals surface area contributed by atoms with Crippen molar-refractivity contribution in [3.05, 3.63) is 42.5 Å². The molecule has 0 atom stereocenters. The van der Waals surface area contributed by atoms with Gasteiger partial charge in [0.2, 0.25) is 5.91 Å². The lowest BCUT2D eigenvalue weighted by atomic mass is 9.74. The predicted octanol–water partition coefficient (Wildman–Crippen LogP) is 3.54. The summed E-state index contributed by atoms with van der Waals surface area (Å²) in [5, 5.41) is 5.22. The number of amides is 1. The van der Waals surface area contributed by atoms with Crippen molar-refractivity contribution in [1.29, 1.82) is 0 Å². The summed E-state index contributed by atoms with van der Waals surface area (Å²) in [5.74, 6) is -0.0692. The van der Waals surface area contributed by atoms with Gasteiger partial charge in [0.05, 0.1) is 5.41 Å². The van der Waals surface area contributed by atoms with Crippen LogP contribution in [-0.2, 0) is 4.79 Å².